The number of halogens is 2. The Labute approximate surface area is 123 Å². The highest BCUT2D eigenvalue weighted by molar-refractivity contribution is 14.1. The van der Waals surface area contributed by atoms with Crippen LogP contribution in [0.4, 0.5) is 0 Å². The third kappa shape index (κ3) is 3.00. The van der Waals surface area contributed by atoms with E-state index in [9.17, 15) is 4.79 Å². The Hall–Kier alpha value is -0.140. The Kier molecular flexibility index (Phi) is 4.43. The third-order valence-corrected chi connectivity index (χ3v) is 5.20. The van der Waals surface area contributed by atoms with Crippen LogP contribution in [0.5, 0.6) is 0 Å². The number of carbonyl (C=O) groups excluding carboxylic acids is 1. The van der Waals surface area contributed by atoms with E-state index in [1.807, 2.05) is 30.0 Å². The Morgan fingerprint density at radius 1 is 1.59 bits per heavy atom. The van der Waals surface area contributed by atoms with Crippen LogP contribution in [-0.2, 0) is 4.74 Å². The second-order valence-corrected chi connectivity index (χ2v) is 5.99. The van der Waals surface area contributed by atoms with Gasteiger partial charge in [0.1, 0.15) is 0 Å². The molecular formula is C12H13BrINO2. The van der Waals surface area contributed by atoms with Crippen molar-refractivity contribution in [2.24, 2.45) is 0 Å². The summed E-state index contributed by atoms with van der Waals surface area (Å²) in [6.07, 6.45) is 0.120. The van der Waals surface area contributed by atoms with Crippen molar-refractivity contribution in [1.82, 2.24) is 4.90 Å². The summed E-state index contributed by atoms with van der Waals surface area (Å²) in [7, 11) is 0. The maximum Gasteiger partial charge on any atom is 0.255 e. The molecule has 2 rings (SSSR count). The van der Waals surface area contributed by atoms with Crippen molar-refractivity contribution in [2.45, 2.75) is 13.0 Å². The van der Waals surface area contributed by atoms with Gasteiger partial charge in [-0.1, -0.05) is 6.07 Å². The van der Waals surface area contributed by atoms with Crippen molar-refractivity contribution in [3.8, 4) is 0 Å². The average molecular weight is 410 g/mol. The van der Waals surface area contributed by atoms with Gasteiger partial charge in [-0.25, -0.2) is 0 Å². The van der Waals surface area contributed by atoms with Crippen molar-refractivity contribution >= 4 is 44.4 Å². The highest BCUT2D eigenvalue weighted by Gasteiger charge is 2.24. The van der Waals surface area contributed by atoms with E-state index in [1.54, 1.807) is 0 Å². The van der Waals surface area contributed by atoms with E-state index in [2.05, 4.69) is 38.5 Å². The van der Waals surface area contributed by atoms with E-state index >= 15 is 0 Å². The Morgan fingerprint density at radius 2 is 2.35 bits per heavy atom. The van der Waals surface area contributed by atoms with Crippen molar-refractivity contribution in [2.75, 3.05) is 19.7 Å². The zero-order chi connectivity index (χ0) is 12.4. The molecule has 0 unspecified atom stereocenters. The van der Waals surface area contributed by atoms with Gasteiger partial charge in [-0.05, 0) is 57.6 Å². The molecule has 17 heavy (non-hydrogen) atoms. The van der Waals surface area contributed by atoms with Crippen LogP contribution in [0.3, 0.4) is 0 Å². The first-order valence-electron chi connectivity index (χ1n) is 5.44. The number of hydrogen-bond donors (Lipinski definition) is 0. The molecule has 0 N–H and O–H groups in total. The SMILES string of the molecule is C[C@H]1CN(C(=O)c2cccc(I)c2Br)CCO1. The normalized spacial score (nSPS) is 20.4. The summed E-state index contributed by atoms with van der Waals surface area (Å²) in [4.78, 5) is 14.2. The third-order valence-electron chi connectivity index (χ3n) is 2.71. The number of benzene rings is 1. The Bertz CT molecular complexity index is 439. The van der Waals surface area contributed by atoms with E-state index in [1.165, 1.54) is 0 Å². The van der Waals surface area contributed by atoms with Gasteiger partial charge in [0.25, 0.3) is 5.91 Å². The van der Waals surface area contributed by atoms with Gasteiger partial charge in [0.15, 0.2) is 0 Å². The molecule has 92 valence electrons. The van der Waals surface area contributed by atoms with Crippen LogP contribution in [0.2, 0.25) is 0 Å². The molecule has 1 aliphatic heterocycles. The largest absolute Gasteiger partial charge is 0.375 e. The number of morpholine rings is 1. The lowest BCUT2D eigenvalue weighted by Crippen LogP contribution is -2.44. The summed E-state index contributed by atoms with van der Waals surface area (Å²) >= 11 is 5.69. The molecule has 1 atom stereocenters. The van der Waals surface area contributed by atoms with Crippen molar-refractivity contribution in [3.63, 3.8) is 0 Å². The van der Waals surface area contributed by atoms with Gasteiger partial charge in [0.05, 0.1) is 18.3 Å². The van der Waals surface area contributed by atoms with Crippen molar-refractivity contribution in [3.05, 3.63) is 31.8 Å². The predicted octanol–water partition coefficient (Wildman–Crippen LogP) is 2.91. The minimum Gasteiger partial charge on any atom is -0.375 e. The molecule has 1 saturated heterocycles. The first-order valence-corrected chi connectivity index (χ1v) is 7.31. The van der Waals surface area contributed by atoms with E-state index in [4.69, 9.17) is 4.74 Å². The van der Waals surface area contributed by atoms with Crippen molar-refractivity contribution in [1.29, 1.82) is 0 Å². The van der Waals surface area contributed by atoms with Gasteiger partial charge >= 0.3 is 0 Å². The summed E-state index contributed by atoms with van der Waals surface area (Å²) in [6, 6.07) is 5.74. The molecule has 1 aromatic carbocycles. The maximum atomic E-state index is 12.4. The Balaban J connectivity index is 2.22. The van der Waals surface area contributed by atoms with Crippen LogP contribution in [0.15, 0.2) is 22.7 Å². The fraction of sp³-hybridized carbons (Fsp3) is 0.417. The number of amides is 1. The molecule has 1 amide bonds. The molecule has 0 aromatic heterocycles. The molecule has 1 fully saturated rings. The van der Waals surface area contributed by atoms with Gasteiger partial charge in [-0.3, -0.25) is 4.79 Å². The van der Waals surface area contributed by atoms with Gasteiger partial charge in [-0.2, -0.15) is 0 Å². The molecule has 0 aliphatic carbocycles. The number of rotatable bonds is 1. The van der Waals surface area contributed by atoms with Crippen LogP contribution in [0.25, 0.3) is 0 Å². The number of hydrogen-bond acceptors (Lipinski definition) is 2. The fourth-order valence-electron chi connectivity index (χ4n) is 1.84. The minimum absolute atomic E-state index is 0.0746. The lowest BCUT2D eigenvalue weighted by molar-refractivity contribution is -0.0124. The standard InChI is InChI=1S/C12H13BrINO2/c1-8-7-15(5-6-17-8)12(16)9-3-2-4-10(14)11(9)13/h2-4,8H,5-7H2,1H3/t8-/m0/s1. The predicted molar refractivity (Wildman–Crippen MR) is 78.2 cm³/mol. The smallest absolute Gasteiger partial charge is 0.255 e. The van der Waals surface area contributed by atoms with Crippen LogP contribution in [0.1, 0.15) is 17.3 Å². The zero-order valence-corrected chi connectivity index (χ0v) is 13.2. The highest BCUT2D eigenvalue weighted by Crippen LogP contribution is 2.25. The minimum atomic E-state index is 0.0746. The average Bonchev–Trinajstić information content (AvgIpc) is 2.32. The molecule has 1 heterocycles. The van der Waals surface area contributed by atoms with Crippen LogP contribution in [0, 0.1) is 3.57 Å². The molecule has 1 aromatic rings. The lowest BCUT2D eigenvalue weighted by atomic mass is 10.2. The summed E-state index contributed by atoms with van der Waals surface area (Å²) in [5, 5.41) is 0. The quantitative estimate of drug-likeness (QED) is 0.667. The van der Waals surface area contributed by atoms with Crippen LogP contribution >= 0.6 is 38.5 Å². The van der Waals surface area contributed by atoms with Gasteiger partial charge in [0.2, 0.25) is 0 Å². The second-order valence-electron chi connectivity index (χ2n) is 4.03. The monoisotopic (exact) mass is 409 g/mol. The van der Waals surface area contributed by atoms with E-state index in [0.717, 1.165) is 13.6 Å². The molecule has 0 bridgehead atoms. The van der Waals surface area contributed by atoms with Gasteiger partial charge in [-0.15, -0.1) is 0 Å². The second kappa shape index (κ2) is 5.67. The molecular weight excluding hydrogens is 397 g/mol. The summed E-state index contributed by atoms with van der Waals surface area (Å²) in [5.74, 6) is 0.0746. The summed E-state index contributed by atoms with van der Waals surface area (Å²) in [6.45, 7) is 3.94. The van der Waals surface area contributed by atoms with E-state index in [-0.39, 0.29) is 12.0 Å². The molecule has 3 nitrogen and oxygen atoms in total. The van der Waals surface area contributed by atoms with Crippen molar-refractivity contribution < 1.29 is 9.53 Å². The van der Waals surface area contributed by atoms with Gasteiger partial charge in [0, 0.05) is 21.1 Å². The molecule has 1 aliphatic rings. The fourth-order valence-corrected chi connectivity index (χ4v) is 2.77. The molecule has 0 radical (unpaired) electrons. The molecule has 5 heteroatoms. The van der Waals surface area contributed by atoms with E-state index in [0.29, 0.717) is 19.7 Å². The van der Waals surface area contributed by atoms with E-state index < -0.39 is 0 Å². The summed E-state index contributed by atoms with van der Waals surface area (Å²) in [5.41, 5.74) is 0.728. The number of ether oxygens (including phenoxy) is 1. The molecule has 0 spiro atoms. The van der Waals surface area contributed by atoms with Gasteiger partial charge < -0.3 is 9.64 Å². The lowest BCUT2D eigenvalue weighted by Gasteiger charge is -2.31. The zero-order valence-electron chi connectivity index (χ0n) is 9.45. The molecule has 0 saturated carbocycles. The topological polar surface area (TPSA) is 29.5 Å². The van der Waals surface area contributed by atoms with Crippen LogP contribution < -0.4 is 0 Å². The highest BCUT2D eigenvalue weighted by atomic mass is 127. The van der Waals surface area contributed by atoms with Crippen LogP contribution in [-0.4, -0.2) is 36.6 Å². The first-order chi connectivity index (χ1) is 8.09. The summed E-state index contributed by atoms with van der Waals surface area (Å²) < 4.78 is 7.37. The first kappa shape index (κ1) is 13.3. The number of nitrogens with zero attached hydrogens (tertiary/aromatic N) is 1. The number of carbonyl (C=O) groups is 1. The maximum absolute atomic E-state index is 12.4. The Morgan fingerprint density at radius 3 is 3.06 bits per heavy atom.